The predicted octanol–water partition coefficient (Wildman–Crippen LogP) is 2.20. The zero-order chi connectivity index (χ0) is 12.3. The van der Waals surface area contributed by atoms with Crippen molar-refractivity contribution in [2.24, 2.45) is 0 Å². The molecule has 0 heterocycles. The lowest BCUT2D eigenvalue weighted by Crippen LogP contribution is -2.28. The lowest BCUT2D eigenvalue weighted by atomic mass is 10.1. The topological polar surface area (TPSA) is 60.3 Å². The highest BCUT2D eigenvalue weighted by atomic mass is 32.2. The maximum absolute atomic E-state index is 10.9. The molecule has 0 saturated carbocycles. The fraction of sp³-hybridized carbons (Fsp3) is 1.00. The molecule has 5 heteroatoms. The molecular weight excluding hydrogens is 224 g/mol. The summed E-state index contributed by atoms with van der Waals surface area (Å²) in [6, 6.07) is 0. The molecule has 1 radical (unpaired) electrons. The Morgan fingerprint density at radius 1 is 0.938 bits per heavy atom. The molecule has 0 aliphatic rings. The molecule has 0 amide bonds. The molecule has 0 aliphatic carbocycles. The van der Waals surface area contributed by atoms with Crippen LogP contribution in [0.1, 0.15) is 58.3 Å². The summed E-state index contributed by atoms with van der Waals surface area (Å²) >= 11 is 0. The lowest BCUT2D eigenvalue weighted by molar-refractivity contribution is 0.552. The lowest BCUT2D eigenvalue weighted by Gasteiger charge is -2.02. The second-order valence-electron chi connectivity index (χ2n) is 4.01. The smallest absolute Gasteiger partial charge is 0.204 e. The zero-order valence-electron chi connectivity index (χ0n) is 10.5. The highest BCUT2D eigenvalue weighted by Crippen LogP contribution is 2.07. The fourth-order valence-corrected chi connectivity index (χ4v) is 1.99. The van der Waals surface area contributed by atoms with Crippen molar-refractivity contribution < 1.29 is 8.42 Å². The van der Waals surface area contributed by atoms with Gasteiger partial charge in [0.2, 0.25) is 0 Å². The molecule has 0 aromatic rings. The summed E-state index contributed by atoms with van der Waals surface area (Å²) in [5.41, 5.74) is 0. The van der Waals surface area contributed by atoms with Crippen molar-refractivity contribution in [3.8, 4) is 0 Å². The van der Waals surface area contributed by atoms with Crippen molar-refractivity contribution in [3.05, 3.63) is 0 Å². The first kappa shape index (κ1) is 15.9. The summed E-state index contributed by atoms with van der Waals surface area (Å²) in [7, 11) is -1.97. The molecule has 0 rings (SSSR count). The highest BCUT2D eigenvalue weighted by molar-refractivity contribution is 7.87. The number of hydrogen-bond donors (Lipinski definition) is 1. The Morgan fingerprint density at radius 2 is 1.44 bits per heavy atom. The Labute approximate surface area is 100 Å². The Bertz CT molecular complexity index is 240. The zero-order valence-corrected chi connectivity index (χ0v) is 11.4. The van der Waals surface area contributed by atoms with Crippen LogP contribution in [0, 0.1) is 0 Å². The van der Waals surface area contributed by atoms with E-state index in [2.05, 4.69) is 16.4 Å². The van der Waals surface area contributed by atoms with Gasteiger partial charge >= 0.3 is 0 Å². The van der Waals surface area contributed by atoms with Crippen molar-refractivity contribution >= 4 is 10.2 Å². The summed E-state index contributed by atoms with van der Waals surface area (Å²) in [5, 5.41) is 0. The highest BCUT2D eigenvalue weighted by Gasteiger charge is 2.05. The van der Waals surface area contributed by atoms with Crippen molar-refractivity contribution in [2.45, 2.75) is 58.3 Å². The molecule has 0 atom stereocenters. The first-order valence-electron chi connectivity index (χ1n) is 6.24. The first-order chi connectivity index (χ1) is 7.62. The van der Waals surface area contributed by atoms with Gasteiger partial charge in [0.05, 0.1) is 0 Å². The van der Waals surface area contributed by atoms with Gasteiger partial charge < -0.3 is 0 Å². The third kappa shape index (κ3) is 10.4. The van der Waals surface area contributed by atoms with E-state index >= 15 is 0 Å². The van der Waals surface area contributed by atoms with Crippen molar-refractivity contribution in [3.63, 3.8) is 0 Å². The summed E-state index contributed by atoms with van der Waals surface area (Å²) < 4.78 is 27.6. The van der Waals surface area contributed by atoms with E-state index in [9.17, 15) is 8.42 Å². The summed E-state index contributed by atoms with van der Waals surface area (Å²) in [5.74, 6) is 0. The first-order valence-corrected chi connectivity index (χ1v) is 7.68. The van der Waals surface area contributed by atoms with Crippen molar-refractivity contribution in [1.29, 1.82) is 0 Å². The number of nitrogens with zero attached hydrogens (tertiary/aromatic N) is 1. The Kier molecular flexibility index (Phi) is 9.97. The van der Waals surface area contributed by atoms with Crippen LogP contribution in [0.15, 0.2) is 0 Å². The second kappa shape index (κ2) is 10.1. The number of rotatable bonds is 11. The van der Waals surface area contributed by atoms with E-state index in [1.54, 1.807) is 0 Å². The largest absolute Gasteiger partial charge is 0.293 e. The van der Waals surface area contributed by atoms with Gasteiger partial charge in [-0.3, -0.25) is 0 Å². The minimum atomic E-state index is -3.35. The molecule has 0 unspecified atom stereocenters. The van der Waals surface area contributed by atoms with Crippen molar-refractivity contribution in [1.82, 2.24) is 9.44 Å². The van der Waals surface area contributed by atoms with Gasteiger partial charge in [-0.1, -0.05) is 51.9 Å². The molecule has 0 fully saturated rings. The van der Waals surface area contributed by atoms with Crippen LogP contribution in [0.5, 0.6) is 0 Å². The van der Waals surface area contributed by atoms with Crippen LogP contribution in [0.25, 0.3) is 0 Å². The van der Waals surface area contributed by atoms with E-state index in [1.807, 2.05) is 0 Å². The van der Waals surface area contributed by atoms with Crippen LogP contribution >= 0.6 is 0 Å². The van der Waals surface area contributed by atoms with Crippen LogP contribution < -0.4 is 9.44 Å². The molecule has 0 aliphatic heterocycles. The second-order valence-corrected chi connectivity index (χ2v) is 5.62. The standard InChI is InChI=1S/C11H25N2O2S/c1-3-4-5-6-7-8-9-10-11-13-16(14,15)12-2/h12H,3-11H2,1-2H3. The third-order valence-corrected chi connectivity index (χ3v) is 3.57. The van der Waals surface area contributed by atoms with E-state index in [0.717, 1.165) is 12.8 Å². The average molecular weight is 249 g/mol. The number of unbranched alkanes of at least 4 members (excludes halogenated alkanes) is 7. The quantitative estimate of drug-likeness (QED) is 0.571. The normalized spacial score (nSPS) is 11.9. The molecule has 97 valence electrons. The minimum Gasteiger partial charge on any atom is -0.204 e. The van der Waals surface area contributed by atoms with Gasteiger partial charge in [0.25, 0.3) is 10.2 Å². The molecule has 1 N–H and O–H groups in total. The van der Waals surface area contributed by atoms with E-state index in [0.29, 0.717) is 6.54 Å². The van der Waals surface area contributed by atoms with E-state index in [4.69, 9.17) is 0 Å². The molecule has 0 spiro atoms. The molecule has 0 saturated heterocycles. The maximum atomic E-state index is 10.9. The minimum absolute atomic E-state index is 0.415. The SMILES string of the molecule is CCCCCCCCCC[N]S(=O)(=O)NC. The van der Waals surface area contributed by atoms with Gasteiger partial charge in [-0.05, 0) is 6.42 Å². The Balaban J connectivity index is 3.16. The Morgan fingerprint density at radius 3 is 1.94 bits per heavy atom. The monoisotopic (exact) mass is 249 g/mol. The molecule has 0 aromatic heterocycles. The van der Waals surface area contributed by atoms with E-state index < -0.39 is 10.2 Å². The van der Waals surface area contributed by atoms with Crippen molar-refractivity contribution in [2.75, 3.05) is 13.6 Å². The molecule has 0 bridgehead atoms. The van der Waals surface area contributed by atoms with Gasteiger partial charge in [-0.25, -0.2) is 4.72 Å². The number of hydrogen-bond acceptors (Lipinski definition) is 2. The summed E-state index contributed by atoms with van der Waals surface area (Å²) in [6.07, 6.45) is 9.65. The third-order valence-electron chi connectivity index (χ3n) is 2.53. The van der Waals surface area contributed by atoms with Gasteiger partial charge in [-0.15, -0.1) is 4.72 Å². The van der Waals surface area contributed by atoms with Gasteiger partial charge in [0.15, 0.2) is 0 Å². The molecule has 0 aromatic carbocycles. The molecule has 4 nitrogen and oxygen atoms in total. The Hall–Kier alpha value is -0.130. The van der Waals surface area contributed by atoms with E-state index in [-0.39, 0.29) is 0 Å². The summed E-state index contributed by atoms with van der Waals surface area (Å²) in [4.78, 5) is 0. The number of nitrogens with one attached hydrogen (secondary N) is 1. The van der Waals surface area contributed by atoms with Crippen LogP contribution in [-0.4, -0.2) is 22.0 Å². The van der Waals surface area contributed by atoms with Gasteiger partial charge in [0, 0.05) is 13.6 Å². The fourth-order valence-electron chi connectivity index (χ4n) is 1.49. The van der Waals surface area contributed by atoms with E-state index in [1.165, 1.54) is 45.6 Å². The van der Waals surface area contributed by atoms with Crippen LogP contribution in [0.2, 0.25) is 0 Å². The van der Waals surface area contributed by atoms with Crippen LogP contribution in [-0.2, 0) is 10.2 Å². The van der Waals surface area contributed by atoms with Gasteiger partial charge in [-0.2, -0.15) is 8.42 Å². The van der Waals surface area contributed by atoms with Gasteiger partial charge in [0.1, 0.15) is 0 Å². The maximum Gasteiger partial charge on any atom is 0.293 e. The average Bonchev–Trinajstić information content (AvgIpc) is 2.27. The van der Waals surface area contributed by atoms with Crippen LogP contribution in [0.3, 0.4) is 0 Å². The predicted molar refractivity (Wildman–Crippen MR) is 67.6 cm³/mol. The summed E-state index contributed by atoms with van der Waals surface area (Å²) in [6.45, 7) is 2.63. The molecular formula is C11H25N2O2S. The van der Waals surface area contributed by atoms with Crippen LogP contribution in [0.4, 0.5) is 0 Å². The molecule has 16 heavy (non-hydrogen) atoms.